The number of piperidine rings is 1. The normalized spacial score (nSPS) is 12.0. The third kappa shape index (κ3) is 55.2. The molecule has 8 heteroatoms. The fraction of sp³-hybridized carbons (Fsp3) is 0.923. The van der Waals surface area contributed by atoms with Gasteiger partial charge in [0, 0.05) is 38.4 Å². The molecular formula is C26H73ClCoI2NOS2-. The number of rotatable bonds is 1. The molecule has 0 saturated carbocycles. The first-order valence-electron chi connectivity index (χ1n) is 8.20. The first-order valence-corrected chi connectivity index (χ1v) is 14.9. The first kappa shape index (κ1) is 90.8. The van der Waals surface area contributed by atoms with Gasteiger partial charge >= 0.3 is 0 Å². The largest absolute Gasteiger partial charge is 0.358 e. The molecule has 0 N–H and O–H groups in total. The van der Waals surface area contributed by atoms with Crippen molar-refractivity contribution in [1.82, 2.24) is 5.06 Å². The number of hydrogen-bond donors (Lipinski definition) is 0. The van der Waals surface area contributed by atoms with E-state index in [4.69, 9.17) is 4.84 Å². The standard InChI is InChI=1S/C10H21NO.C3H6S2.C2H6.CH3Cl.2CH3I.7CH4.CH3.Co/c1-9(2)7-6-8-10(3,4)11(9)12-5;1-3(4)5-2;4*1-2;;;;;;;;;/h6-8H2,1-5H3;1-2H3;1-2H3;3*1H3;7*1H4;1H3;/q;;;;;;;;;;;;;-1;. The van der Waals surface area contributed by atoms with Crippen molar-refractivity contribution < 1.29 is 21.6 Å². The summed E-state index contributed by atoms with van der Waals surface area (Å²) >= 11 is 15.2. The Kier molecular flexibility index (Phi) is 174. The first-order chi connectivity index (χ1) is 11.7. The zero-order chi connectivity index (χ0) is 21.7. The van der Waals surface area contributed by atoms with E-state index >= 15 is 0 Å². The fourth-order valence-electron chi connectivity index (χ4n) is 2.47. The molecule has 0 unspecified atom stereocenters. The summed E-state index contributed by atoms with van der Waals surface area (Å²) < 4.78 is 1.00. The molecule has 1 fully saturated rings. The Bertz CT molecular complexity index is 263. The summed E-state index contributed by atoms with van der Waals surface area (Å²) in [4.78, 5) is 9.40. The van der Waals surface area contributed by atoms with Crippen LogP contribution in [0.5, 0.6) is 0 Å². The van der Waals surface area contributed by atoms with Crippen molar-refractivity contribution in [1.29, 1.82) is 0 Å². The van der Waals surface area contributed by atoms with Gasteiger partial charge in [0.05, 0.1) is 7.11 Å². The maximum absolute atomic E-state index is 5.46. The monoisotopic (exact) mass is 827 g/mol. The number of hydroxylamine groups is 2. The van der Waals surface area contributed by atoms with E-state index in [-0.39, 0.29) is 87.3 Å². The van der Waals surface area contributed by atoms with Gasteiger partial charge in [-0.2, -0.15) is 5.06 Å². The average Bonchev–Trinajstić information content (AvgIpc) is 2.61. The van der Waals surface area contributed by atoms with Crippen LogP contribution in [0.15, 0.2) is 0 Å². The summed E-state index contributed by atoms with van der Waals surface area (Å²) in [7, 11) is 1.77. The Morgan fingerprint density at radius 3 is 1.09 bits per heavy atom. The van der Waals surface area contributed by atoms with Gasteiger partial charge in [-0.3, -0.25) is 0 Å². The second kappa shape index (κ2) is 65.0. The van der Waals surface area contributed by atoms with Gasteiger partial charge in [-0.1, -0.05) is 123 Å². The van der Waals surface area contributed by atoms with Gasteiger partial charge in [0.1, 0.15) is 0 Å². The molecule has 34 heavy (non-hydrogen) atoms. The molecule has 1 rings (SSSR count). The SMILES string of the molecule is C.C.C.C.C.C.C.CC.CCl.CI.CI.CON1C(C)(C)CCCC1(C)C.CSC(C)=S.[CH3-].[Co]. The number of nitrogens with zero attached hydrogens (tertiary/aromatic N) is 1. The van der Waals surface area contributed by atoms with Crippen molar-refractivity contribution in [2.75, 3.05) is 29.6 Å². The molecule has 231 valence electrons. The Hall–Kier alpha value is 2.62. The number of alkyl halides is 3. The van der Waals surface area contributed by atoms with Crippen LogP contribution < -0.4 is 0 Å². The van der Waals surface area contributed by atoms with Crippen LogP contribution >= 0.6 is 80.8 Å². The van der Waals surface area contributed by atoms with Gasteiger partial charge in [-0.15, -0.1) is 23.4 Å². The van der Waals surface area contributed by atoms with Crippen molar-refractivity contribution >= 4 is 85.0 Å². The minimum absolute atomic E-state index is 0. The maximum Gasteiger partial charge on any atom is 0.0575 e. The van der Waals surface area contributed by atoms with Gasteiger partial charge in [-0.05, 0) is 70.0 Å². The van der Waals surface area contributed by atoms with E-state index in [1.54, 1.807) is 18.9 Å². The van der Waals surface area contributed by atoms with Gasteiger partial charge in [-0.25, -0.2) is 0 Å². The van der Waals surface area contributed by atoms with Crippen LogP contribution in [0.2, 0.25) is 0 Å². The smallest absolute Gasteiger partial charge is 0.0575 e. The molecule has 0 atom stereocenters. The second-order valence-corrected chi connectivity index (χ2v) is 7.54. The van der Waals surface area contributed by atoms with Gasteiger partial charge in [0.15, 0.2) is 0 Å². The van der Waals surface area contributed by atoms with Crippen LogP contribution in [0.1, 0.15) is 120 Å². The molecule has 0 amide bonds. The number of hydrogen-bond acceptors (Lipinski definition) is 4. The summed E-state index contributed by atoms with van der Waals surface area (Å²) in [5.41, 5.74) is 0.382. The van der Waals surface area contributed by atoms with Crippen LogP contribution in [0.4, 0.5) is 0 Å². The summed E-state index contributed by atoms with van der Waals surface area (Å²) in [5, 5.41) is 2.14. The topological polar surface area (TPSA) is 12.5 Å². The third-order valence-corrected chi connectivity index (χ3v) is 4.22. The molecule has 0 aliphatic carbocycles. The van der Waals surface area contributed by atoms with Crippen LogP contribution in [-0.4, -0.2) is 49.9 Å². The van der Waals surface area contributed by atoms with E-state index < -0.39 is 0 Å². The van der Waals surface area contributed by atoms with Gasteiger partial charge < -0.3 is 12.3 Å². The predicted molar refractivity (Wildman–Crippen MR) is 199 cm³/mol. The Morgan fingerprint density at radius 2 is 1.00 bits per heavy atom. The number of thioether (sulfide) groups is 1. The number of halogens is 3. The summed E-state index contributed by atoms with van der Waals surface area (Å²) in [6.07, 6.45) is 7.21. The molecule has 1 aliphatic heterocycles. The maximum atomic E-state index is 5.46. The van der Waals surface area contributed by atoms with Crippen LogP contribution in [0.25, 0.3) is 0 Å². The molecular weight excluding hydrogens is 755 g/mol. The minimum atomic E-state index is 0. The molecule has 2 nitrogen and oxygen atoms in total. The quantitative estimate of drug-likeness (QED) is 0.113. The fourth-order valence-corrected chi connectivity index (χ4v) is 2.47. The molecule has 0 aromatic carbocycles. The molecule has 0 bridgehead atoms. The molecule has 1 aliphatic rings. The van der Waals surface area contributed by atoms with E-state index in [9.17, 15) is 0 Å². The molecule has 1 heterocycles. The average molecular weight is 828 g/mol. The van der Waals surface area contributed by atoms with E-state index in [0.717, 1.165) is 4.20 Å². The predicted octanol–water partition coefficient (Wildman–Crippen LogP) is 13.2. The van der Waals surface area contributed by atoms with Crippen LogP contribution in [0, 0.1) is 7.43 Å². The van der Waals surface area contributed by atoms with Gasteiger partial charge in [0.2, 0.25) is 0 Å². The van der Waals surface area contributed by atoms with Crippen molar-refractivity contribution in [3.05, 3.63) is 7.43 Å². The Morgan fingerprint density at radius 1 is 0.824 bits per heavy atom. The zero-order valence-corrected chi connectivity index (χ0v) is 27.5. The summed E-state index contributed by atoms with van der Waals surface area (Å²) in [6, 6.07) is 0. The van der Waals surface area contributed by atoms with Crippen LogP contribution in [0.3, 0.4) is 0 Å². The Labute approximate surface area is 276 Å². The molecule has 1 radical (unpaired) electrons. The minimum Gasteiger partial charge on any atom is -0.358 e. The summed E-state index contributed by atoms with van der Waals surface area (Å²) in [6.45, 7) is 14.9. The van der Waals surface area contributed by atoms with Crippen molar-refractivity contribution in [2.45, 2.75) is 131 Å². The molecule has 1 saturated heterocycles. The second-order valence-electron chi connectivity index (χ2n) is 5.65. The van der Waals surface area contributed by atoms with E-state index in [1.807, 2.05) is 36.9 Å². The van der Waals surface area contributed by atoms with Crippen molar-refractivity contribution in [3.63, 3.8) is 0 Å². The van der Waals surface area contributed by atoms with Crippen LogP contribution in [-0.2, 0) is 21.6 Å². The van der Waals surface area contributed by atoms with E-state index in [0.29, 0.717) is 0 Å². The van der Waals surface area contributed by atoms with E-state index in [2.05, 4.69) is 102 Å². The number of thiocarbonyl (C=S) groups is 1. The van der Waals surface area contributed by atoms with E-state index in [1.165, 1.54) is 25.6 Å². The molecule has 0 aromatic rings. The Balaban J connectivity index is -0.0000000135. The summed E-state index contributed by atoms with van der Waals surface area (Å²) in [5.74, 6) is 0. The van der Waals surface area contributed by atoms with Gasteiger partial charge in [0.25, 0.3) is 0 Å². The van der Waals surface area contributed by atoms with Crippen molar-refractivity contribution in [3.8, 4) is 0 Å². The molecule has 0 spiro atoms. The zero-order valence-electron chi connectivity index (χ0n) is 19.8. The van der Waals surface area contributed by atoms with Crippen molar-refractivity contribution in [2.24, 2.45) is 0 Å². The third-order valence-electron chi connectivity index (χ3n) is 3.15. The molecule has 0 aromatic heterocycles.